The van der Waals surface area contributed by atoms with Crippen LogP contribution < -0.4 is 20.1 Å². The van der Waals surface area contributed by atoms with Crippen molar-refractivity contribution in [1.29, 1.82) is 0 Å². The number of guanidine groups is 1. The summed E-state index contributed by atoms with van der Waals surface area (Å²) in [6, 6.07) is 13.0. The lowest BCUT2D eigenvalue weighted by Crippen LogP contribution is -2.39. The minimum atomic E-state index is -0.135. The summed E-state index contributed by atoms with van der Waals surface area (Å²) >= 11 is 0. The third kappa shape index (κ3) is 4.63. The number of aliphatic imine (C=N–C) groups is 1. The van der Waals surface area contributed by atoms with Crippen LogP contribution in [0.2, 0.25) is 0 Å². The number of nitrogens with zero attached hydrogens (tertiary/aromatic N) is 1. The van der Waals surface area contributed by atoms with E-state index in [4.69, 9.17) is 9.47 Å². The highest BCUT2D eigenvalue weighted by Gasteiger charge is 2.40. The average molecular weight is 483 g/mol. The molecule has 2 N–H and O–H groups in total. The fourth-order valence-corrected chi connectivity index (χ4v) is 3.18. The van der Waals surface area contributed by atoms with E-state index in [1.807, 2.05) is 37.3 Å². The van der Waals surface area contributed by atoms with Gasteiger partial charge in [-0.15, -0.1) is 24.0 Å². The Kier molecular flexibility index (Phi) is 6.41. The number of benzene rings is 2. The smallest absolute Gasteiger partial charge is 0.231 e. The van der Waals surface area contributed by atoms with Gasteiger partial charge in [-0.05, 0) is 42.7 Å². The zero-order valence-electron chi connectivity index (χ0n) is 15.1. The number of rotatable bonds is 5. The molecule has 27 heavy (non-hydrogen) atoms. The van der Waals surface area contributed by atoms with E-state index in [1.165, 1.54) is 6.07 Å². The quantitative estimate of drug-likeness (QED) is 0.386. The topological polar surface area (TPSA) is 54.9 Å². The molecule has 2 aliphatic rings. The third-order valence-corrected chi connectivity index (χ3v) is 4.62. The molecule has 2 aromatic carbocycles. The normalized spacial score (nSPS) is 20.0. The molecule has 2 aromatic rings. The molecule has 1 saturated carbocycles. The van der Waals surface area contributed by atoms with Crippen LogP contribution in [-0.4, -0.2) is 25.3 Å². The van der Waals surface area contributed by atoms with Crippen LogP contribution in [-0.2, 0) is 6.54 Å². The summed E-state index contributed by atoms with van der Waals surface area (Å²) in [6.07, 6.45) is 0.912. The second-order valence-corrected chi connectivity index (χ2v) is 6.50. The maximum absolute atomic E-state index is 13.9. The predicted octanol–water partition coefficient (Wildman–Crippen LogP) is 3.78. The summed E-state index contributed by atoms with van der Waals surface area (Å²) in [5.41, 5.74) is 1.82. The highest BCUT2D eigenvalue weighted by molar-refractivity contribution is 14.0. The number of ether oxygens (including phenoxy) is 2. The van der Waals surface area contributed by atoms with Crippen LogP contribution in [0.3, 0.4) is 0 Å². The molecule has 1 fully saturated rings. The average Bonchev–Trinajstić information content (AvgIpc) is 3.24. The largest absolute Gasteiger partial charge is 0.454 e. The molecule has 0 radical (unpaired) electrons. The molecule has 0 spiro atoms. The van der Waals surface area contributed by atoms with Gasteiger partial charge >= 0.3 is 0 Å². The Morgan fingerprint density at radius 3 is 2.81 bits per heavy atom. The standard InChI is InChI=1S/C20H22FN3O2.HI/c1-2-22-20(23-11-13-7-8-18-19(9-13)26-12-25-18)24-17-10-15(17)14-5-3-4-6-16(14)21;/h3-9,15,17H,2,10-12H2,1H3,(H2,22,23,24);1H. The first-order chi connectivity index (χ1) is 12.7. The molecule has 5 nitrogen and oxygen atoms in total. The fourth-order valence-electron chi connectivity index (χ4n) is 3.18. The van der Waals surface area contributed by atoms with E-state index >= 15 is 0 Å². The zero-order valence-corrected chi connectivity index (χ0v) is 17.4. The molecule has 0 saturated heterocycles. The number of fused-ring (bicyclic) bond motifs is 1. The SMILES string of the molecule is CCNC(=NCc1ccc2c(c1)OCO2)NC1CC1c1ccccc1F.I. The number of halogens is 2. The second-order valence-electron chi connectivity index (χ2n) is 6.50. The maximum atomic E-state index is 13.9. The summed E-state index contributed by atoms with van der Waals surface area (Å²) in [7, 11) is 0. The molecule has 1 heterocycles. The van der Waals surface area contributed by atoms with Crippen molar-refractivity contribution in [2.75, 3.05) is 13.3 Å². The van der Waals surface area contributed by atoms with Crippen molar-refractivity contribution in [2.24, 2.45) is 4.99 Å². The van der Waals surface area contributed by atoms with Gasteiger partial charge in [-0.3, -0.25) is 0 Å². The molecular weight excluding hydrogens is 460 g/mol. The van der Waals surface area contributed by atoms with Gasteiger partial charge in [0.1, 0.15) is 5.82 Å². The van der Waals surface area contributed by atoms with Gasteiger partial charge < -0.3 is 20.1 Å². The number of hydrogen-bond acceptors (Lipinski definition) is 3. The minimum Gasteiger partial charge on any atom is -0.454 e. The molecule has 2 unspecified atom stereocenters. The molecule has 7 heteroatoms. The summed E-state index contributed by atoms with van der Waals surface area (Å²) in [6.45, 7) is 3.59. The molecule has 2 atom stereocenters. The van der Waals surface area contributed by atoms with Gasteiger partial charge in [-0.25, -0.2) is 9.38 Å². The van der Waals surface area contributed by atoms with E-state index in [0.29, 0.717) is 6.54 Å². The van der Waals surface area contributed by atoms with Crippen LogP contribution in [0, 0.1) is 5.82 Å². The van der Waals surface area contributed by atoms with Gasteiger partial charge in [0.05, 0.1) is 6.54 Å². The van der Waals surface area contributed by atoms with E-state index in [9.17, 15) is 4.39 Å². The van der Waals surface area contributed by atoms with Crippen molar-refractivity contribution in [3.63, 3.8) is 0 Å². The first-order valence-electron chi connectivity index (χ1n) is 8.92. The lowest BCUT2D eigenvalue weighted by molar-refractivity contribution is 0.174. The monoisotopic (exact) mass is 483 g/mol. The Bertz CT molecular complexity index is 831. The second kappa shape index (κ2) is 8.77. The van der Waals surface area contributed by atoms with Crippen molar-refractivity contribution in [3.8, 4) is 11.5 Å². The Hall–Kier alpha value is -2.03. The Labute approximate surface area is 175 Å². The van der Waals surface area contributed by atoms with Crippen molar-refractivity contribution in [2.45, 2.75) is 31.8 Å². The maximum Gasteiger partial charge on any atom is 0.231 e. The fraction of sp³-hybridized carbons (Fsp3) is 0.350. The van der Waals surface area contributed by atoms with Crippen LogP contribution in [0.4, 0.5) is 4.39 Å². The molecular formula is C20H23FIN3O2. The highest BCUT2D eigenvalue weighted by atomic mass is 127. The van der Waals surface area contributed by atoms with E-state index < -0.39 is 0 Å². The van der Waals surface area contributed by atoms with Crippen LogP contribution in [0.15, 0.2) is 47.5 Å². The lowest BCUT2D eigenvalue weighted by Gasteiger charge is -2.11. The van der Waals surface area contributed by atoms with E-state index in [1.54, 1.807) is 6.07 Å². The first kappa shape index (κ1) is 19.7. The van der Waals surface area contributed by atoms with Crippen molar-refractivity contribution in [3.05, 3.63) is 59.4 Å². The van der Waals surface area contributed by atoms with Gasteiger partial charge in [-0.1, -0.05) is 24.3 Å². The Morgan fingerprint density at radius 2 is 2.00 bits per heavy atom. The van der Waals surface area contributed by atoms with Crippen LogP contribution >= 0.6 is 24.0 Å². The summed E-state index contributed by atoms with van der Waals surface area (Å²) < 4.78 is 24.7. The number of hydrogen-bond donors (Lipinski definition) is 2. The minimum absolute atomic E-state index is 0. The summed E-state index contributed by atoms with van der Waals surface area (Å²) in [4.78, 5) is 4.64. The molecule has 1 aliphatic heterocycles. The van der Waals surface area contributed by atoms with E-state index in [0.717, 1.165) is 41.6 Å². The van der Waals surface area contributed by atoms with Gasteiger partial charge in [-0.2, -0.15) is 0 Å². The molecule has 144 valence electrons. The first-order valence-corrected chi connectivity index (χ1v) is 8.92. The van der Waals surface area contributed by atoms with Crippen molar-refractivity contribution >= 4 is 29.9 Å². The Balaban J connectivity index is 0.00000210. The summed E-state index contributed by atoms with van der Waals surface area (Å²) in [5, 5.41) is 6.66. The predicted molar refractivity (Wildman–Crippen MR) is 113 cm³/mol. The zero-order chi connectivity index (χ0) is 17.9. The molecule has 0 aromatic heterocycles. The van der Waals surface area contributed by atoms with Gasteiger partial charge in [0.2, 0.25) is 6.79 Å². The number of nitrogens with one attached hydrogen (secondary N) is 2. The van der Waals surface area contributed by atoms with Gasteiger partial charge in [0, 0.05) is 18.5 Å². The summed E-state index contributed by atoms with van der Waals surface area (Å²) in [5.74, 6) is 2.34. The van der Waals surface area contributed by atoms with E-state index in [2.05, 4.69) is 15.6 Å². The van der Waals surface area contributed by atoms with Crippen LogP contribution in [0.5, 0.6) is 11.5 Å². The van der Waals surface area contributed by atoms with Crippen molar-refractivity contribution < 1.29 is 13.9 Å². The van der Waals surface area contributed by atoms with E-state index in [-0.39, 0.29) is 48.5 Å². The molecule has 0 amide bonds. The Morgan fingerprint density at radius 1 is 1.19 bits per heavy atom. The van der Waals surface area contributed by atoms with Crippen LogP contribution in [0.25, 0.3) is 0 Å². The van der Waals surface area contributed by atoms with Gasteiger partial charge in [0.25, 0.3) is 0 Å². The highest BCUT2D eigenvalue weighted by Crippen LogP contribution is 2.41. The molecule has 4 rings (SSSR count). The third-order valence-electron chi connectivity index (χ3n) is 4.62. The lowest BCUT2D eigenvalue weighted by atomic mass is 10.1. The van der Waals surface area contributed by atoms with Crippen LogP contribution in [0.1, 0.15) is 30.4 Å². The molecule has 1 aliphatic carbocycles. The van der Waals surface area contributed by atoms with Gasteiger partial charge in [0.15, 0.2) is 17.5 Å². The molecule has 0 bridgehead atoms. The van der Waals surface area contributed by atoms with Crippen molar-refractivity contribution in [1.82, 2.24) is 10.6 Å².